The molecule has 2 rings (SSSR count). The van der Waals surface area contributed by atoms with Crippen LogP contribution in [0.25, 0.3) is 0 Å². The van der Waals surface area contributed by atoms with Gasteiger partial charge in [0.1, 0.15) is 11.5 Å². The lowest BCUT2D eigenvalue weighted by Crippen LogP contribution is -2.15. The minimum absolute atomic E-state index is 0.200. The first-order valence-electron chi connectivity index (χ1n) is 5.73. The fraction of sp³-hybridized carbons (Fsp3) is 0.286. The van der Waals surface area contributed by atoms with Gasteiger partial charge in [-0.2, -0.15) is 0 Å². The molecule has 0 aliphatic heterocycles. The summed E-state index contributed by atoms with van der Waals surface area (Å²) in [4.78, 5) is 0. The van der Waals surface area contributed by atoms with E-state index in [-0.39, 0.29) is 6.04 Å². The van der Waals surface area contributed by atoms with Crippen LogP contribution in [0.15, 0.2) is 41.2 Å². The SMILES string of the molecule is COc1cccc(OC)c1C(N)Cc1ccoc1. The Hall–Kier alpha value is -1.94. The van der Waals surface area contributed by atoms with Crippen LogP contribution in [0.2, 0.25) is 0 Å². The Balaban J connectivity index is 2.30. The number of rotatable bonds is 5. The Morgan fingerprint density at radius 3 is 2.33 bits per heavy atom. The van der Waals surface area contributed by atoms with Crippen molar-refractivity contribution in [2.45, 2.75) is 12.5 Å². The molecule has 0 bridgehead atoms. The summed E-state index contributed by atoms with van der Waals surface area (Å²) < 4.78 is 15.7. The lowest BCUT2D eigenvalue weighted by molar-refractivity contribution is 0.378. The number of benzene rings is 1. The van der Waals surface area contributed by atoms with Gasteiger partial charge in [-0.05, 0) is 30.2 Å². The third-order valence-corrected chi connectivity index (χ3v) is 2.87. The quantitative estimate of drug-likeness (QED) is 0.882. The Kier molecular flexibility index (Phi) is 3.89. The second-order valence-electron chi connectivity index (χ2n) is 4.02. The summed E-state index contributed by atoms with van der Waals surface area (Å²) in [6.07, 6.45) is 4.01. The van der Waals surface area contributed by atoms with Crippen molar-refractivity contribution in [3.8, 4) is 11.5 Å². The first-order chi connectivity index (χ1) is 8.76. The summed E-state index contributed by atoms with van der Waals surface area (Å²) >= 11 is 0. The van der Waals surface area contributed by atoms with Gasteiger partial charge < -0.3 is 19.6 Å². The van der Waals surface area contributed by atoms with Gasteiger partial charge in [-0.25, -0.2) is 0 Å². The monoisotopic (exact) mass is 247 g/mol. The van der Waals surface area contributed by atoms with Crippen molar-refractivity contribution in [1.82, 2.24) is 0 Å². The van der Waals surface area contributed by atoms with E-state index >= 15 is 0 Å². The number of furan rings is 1. The van der Waals surface area contributed by atoms with Crippen LogP contribution in [0, 0.1) is 0 Å². The molecule has 1 heterocycles. The van der Waals surface area contributed by atoms with Gasteiger partial charge in [-0.1, -0.05) is 6.07 Å². The Morgan fingerprint density at radius 1 is 1.17 bits per heavy atom. The van der Waals surface area contributed by atoms with E-state index in [1.54, 1.807) is 26.7 Å². The zero-order chi connectivity index (χ0) is 13.0. The third kappa shape index (κ3) is 2.49. The first-order valence-corrected chi connectivity index (χ1v) is 5.73. The fourth-order valence-electron chi connectivity index (χ4n) is 2.01. The average molecular weight is 247 g/mol. The molecule has 0 saturated carbocycles. The summed E-state index contributed by atoms with van der Waals surface area (Å²) in [7, 11) is 3.26. The molecule has 0 saturated heterocycles. The molecule has 4 nitrogen and oxygen atoms in total. The smallest absolute Gasteiger partial charge is 0.127 e. The predicted molar refractivity (Wildman–Crippen MR) is 68.9 cm³/mol. The summed E-state index contributed by atoms with van der Waals surface area (Å²) in [5.41, 5.74) is 8.17. The zero-order valence-electron chi connectivity index (χ0n) is 10.6. The fourth-order valence-corrected chi connectivity index (χ4v) is 2.01. The first kappa shape index (κ1) is 12.5. The van der Waals surface area contributed by atoms with E-state index < -0.39 is 0 Å². The van der Waals surface area contributed by atoms with Crippen molar-refractivity contribution in [3.05, 3.63) is 47.9 Å². The summed E-state index contributed by atoms with van der Waals surface area (Å²) in [6, 6.07) is 7.35. The van der Waals surface area contributed by atoms with Crippen LogP contribution in [0.5, 0.6) is 11.5 Å². The van der Waals surface area contributed by atoms with E-state index in [4.69, 9.17) is 19.6 Å². The summed E-state index contributed by atoms with van der Waals surface area (Å²) in [6.45, 7) is 0. The molecule has 1 atom stereocenters. The van der Waals surface area contributed by atoms with Gasteiger partial charge in [-0.15, -0.1) is 0 Å². The van der Waals surface area contributed by atoms with Crippen LogP contribution in [-0.4, -0.2) is 14.2 Å². The minimum atomic E-state index is -0.200. The molecule has 0 aliphatic carbocycles. The van der Waals surface area contributed by atoms with Gasteiger partial charge in [-0.3, -0.25) is 0 Å². The van der Waals surface area contributed by atoms with Crippen molar-refractivity contribution in [2.24, 2.45) is 5.73 Å². The molecule has 1 aromatic carbocycles. The van der Waals surface area contributed by atoms with Crippen molar-refractivity contribution < 1.29 is 13.9 Å². The molecular weight excluding hydrogens is 230 g/mol. The Morgan fingerprint density at radius 2 is 1.83 bits per heavy atom. The molecule has 4 heteroatoms. The van der Waals surface area contributed by atoms with Crippen molar-refractivity contribution >= 4 is 0 Å². The highest BCUT2D eigenvalue weighted by atomic mass is 16.5. The number of hydrogen-bond donors (Lipinski definition) is 1. The van der Waals surface area contributed by atoms with Gasteiger partial charge in [0.2, 0.25) is 0 Å². The van der Waals surface area contributed by atoms with Crippen molar-refractivity contribution in [2.75, 3.05) is 14.2 Å². The molecule has 2 aromatic rings. The molecule has 96 valence electrons. The van der Waals surface area contributed by atoms with Gasteiger partial charge in [0.25, 0.3) is 0 Å². The maximum absolute atomic E-state index is 6.24. The average Bonchev–Trinajstić information content (AvgIpc) is 2.90. The molecule has 0 amide bonds. The second kappa shape index (κ2) is 5.60. The largest absolute Gasteiger partial charge is 0.496 e. The molecular formula is C14H17NO3. The molecule has 18 heavy (non-hydrogen) atoms. The number of methoxy groups -OCH3 is 2. The van der Waals surface area contributed by atoms with E-state index in [9.17, 15) is 0 Å². The molecule has 2 N–H and O–H groups in total. The van der Waals surface area contributed by atoms with Crippen LogP contribution < -0.4 is 15.2 Å². The maximum atomic E-state index is 6.24. The summed E-state index contributed by atoms with van der Waals surface area (Å²) in [5.74, 6) is 1.48. The zero-order valence-corrected chi connectivity index (χ0v) is 10.6. The maximum Gasteiger partial charge on any atom is 0.127 e. The van der Waals surface area contributed by atoms with Crippen LogP contribution >= 0.6 is 0 Å². The third-order valence-electron chi connectivity index (χ3n) is 2.87. The van der Waals surface area contributed by atoms with Crippen molar-refractivity contribution in [3.63, 3.8) is 0 Å². The highest BCUT2D eigenvalue weighted by Gasteiger charge is 2.18. The standard InChI is InChI=1S/C14H17NO3/c1-16-12-4-3-5-13(17-2)14(12)11(15)8-10-6-7-18-9-10/h3-7,9,11H,8,15H2,1-2H3. The van der Waals surface area contributed by atoms with Crippen LogP contribution in [0.3, 0.4) is 0 Å². The van der Waals surface area contributed by atoms with E-state index in [0.717, 1.165) is 22.6 Å². The van der Waals surface area contributed by atoms with Gasteiger partial charge in [0.15, 0.2) is 0 Å². The lowest BCUT2D eigenvalue weighted by atomic mass is 9.99. The predicted octanol–water partition coefficient (Wildman–Crippen LogP) is 2.54. The second-order valence-corrected chi connectivity index (χ2v) is 4.02. The van der Waals surface area contributed by atoms with E-state index in [2.05, 4.69) is 0 Å². The minimum Gasteiger partial charge on any atom is -0.496 e. The van der Waals surface area contributed by atoms with Crippen LogP contribution in [0.4, 0.5) is 0 Å². The molecule has 1 unspecified atom stereocenters. The molecule has 0 aliphatic rings. The molecule has 1 aromatic heterocycles. The highest BCUT2D eigenvalue weighted by molar-refractivity contribution is 5.47. The Bertz CT molecular complexity index is 471. The van der Waals surface area contributed by atoms with Gasteiger partial charge >= 0.3 is 0 Å². The van der Waals surface area contributed by atoms with Crippen molar-refractivity contribution in [1.29, 1.82) is 0 Å². The highest BCUT2D eigenvalue weighted by Crippen LogP contribution is 2.34. The normalized spacial score (nSPS) is 12.2. The summed E-state index contributed by atoms with van der Waals surface area (Å²) in [5, 5.41) is 0. The number of hydrogen-bond acceptors (Lipinski definition) is 4. The van der Waals surface area contributed by atoms with Crippen LogP contribution in [-0.2, 0) is 6.42 Å². The lowest BCUT2D eigenvalue weighted by Gasteiger charge is -2.18. The molecule has 0 spiro atoms. The Labute approximate surface area is 106 Å². The molecule has 0 fully saturated rings. The number of nitrogens with two attached hydrogens (primary N) is 1. The van der Waals surface area contributed by atoms with Gasteiger partial charge in [0.05, 0.1) is 32.3 Å². The topological polar surface area (TPSA) is 57.6 Å². The van der Waals surface area contributed by atoms with E-state index in [0.29, 0.717) is 6.42 Å². The van der Waals surface area contributed by atoms with Crippen LogP contribution in [0.1, 0.15) is 17.2 Å². The van der Waals surface area contributed by atoms with E-state index in [1.165, 1.54) is 0 Å². The van der Waals surface area contributed by atoms with E-state index in [1.807, 2.05) is 24.3 Å². The number of ether oxygens (including phenoxy) is 2. The molecule has 0 radical (unpaired) electrons. The van der Waals surface area contributed by atoms with Gasteiger partial charge in [0, 0.05) is 6.04 Å².